The van der Waals surface area contributed by atoms with E-state index in [1.807, 2.05) is 12.3 Å². The largest absolute Gasteiger partial charge is 0.486 e. The standard InChI is InChI=1S/C25H33N7O4S/c1-16-22(26)25(15-36-16)4-7-30(8-5-25)19-11-29-20(12-28-19)37-18-3-6-27-23-21(18)35-14-17-13-31(9-10-34-2)24(33)32(17)23/h3,6,11-12,16-17,22H,4-5,7-10,13-15,26H2,1-2H3/t16-,17?,22+/m0/s1. The van der Waals surface area contributed by atoms with Crippen LogP contribution in [0.25, 0.3) is 0 Å². The molecule has 2 N–H and O–H groups in total. The Bertz CT molecular complexity index is 1140. The number of urea groups is 1. The average Bonchev–Trinajstić information content (AvgIpc) is 3.40. The lowest BCUT2D eigenvalue weighted by Gasteiger charge is -2.41. The fourth-order valence-electron chi connectivity index (χ4n) is 5.78. The molecule has 3 saturated heterocycles. The lowest BCUT2D eigenvalue weighted by Crippen LogP contribution is -2.50. The number of pyridine rings is 1. The van der Waals surface area contributed by atoms with E-state index in [0.717, 1.165) is 48.3 Å². The van der Waals surface area contributed by atoms with Gasteiger partial charge in [0.05, 0.1) is 42.6 Å². The van der Waals surface area contributed by atoms with Gasteiger partial charge in [0.2, 0.25) is 0 Å². The molecule has 0 bridgehead atoms. The molecule has 198 valence electrons. The molecule has 6 heterocycles. The van der Waals surface area contributed by atoms with Crippen molar-refractivity contribution >= 4 is 29.4 Å². The van der Waals surface area contributed by atoms with Gasteiger partial charge in [0, 0.05) is 50.9 Å². The Kier molecular flexibility index (Phi) is 6.59. The van der Waals surface area contributed by atoms with Gasteiger partial charge in [0.25, 0.3) is 0 Å². The van der Waals surface area contributed by atoms with Gasteiger partial charge in [-0.2, -0.15) is 0 Å². The van der Waals surface area contributed by atoms with Crippen LogP contribution >= 0.6 is 11.8 Å². The van der Waals surface area contributed by atoms with Crippen molar-refractivity contribution in [2.75, 3.05) is 62.9 Å². The number of hydrogen-bond acceptors (Lipinski definition) is 10. The van der Waals surface area contributed by atoms with Crippen LogP contribution < -0.4 is 20.3 Å². The highest BCUT2D eigenvalue weighted by atomic mass is 32.2. The Labute approximate surface area is 220 Å². The van der Waals surface area contributed by atoms with Gasteiger partial charge >= 0.3 is 6.03 Å². The van der Waals surface area contributed by atoms with Crippen LogP contribution in [0.1, 0.15) is 19.8 Å². The maximum atomic E-state index is 13.0. The van der Waals surface area contributed by atoms with Gasteiger partial charge in [-0.15, -0.1) is 0 Å². The van der Waals surface area contributed by atoms with Crippen molar-refractivity contribution in [1.29, 1.82) is 0 Å². The number of methoxy groups -OCH3 is 1. The molecule has 4 aliphatic rings. The van der Waals surface area contributed by atoms with Crippen molar-refractivity contribution in [2.45, 2.75) is 47.9 Å². The zero-order valence-corrected chi connectivity index (χ0v) is 22.0. The fraction of sp³-hybridized carbons (Fsp3) is 0.600. The normalized spacial score (nSPS) is 26.4. The lowest BCUT2D eigenvalue weighted by molar-refractivity contribution is 0.0974. The van der Waals surface area contributed by atoms with Crippen molar-refractivity contribution in [1.82, 2.24) is 19.9 Å². The van der Waals surface area contributed by atoms with Gasteiger partial charge in [-0.1, -0.05) is 11.8 Å². The highest BCUT2D eigenvalue weighted by Gasteiger charge is 2.48. The van der Waals surface area contributed by atoms with E-state index in [1.165, 1.54) is 11.8 Å². The zero-order chi connectivity index (χ0) is 25.6. The van der Waals surface area contributed by atoms with E-state index in [-0.39, 0.29) is 29.6 Å². The maximum Gasteiger partial charge on any atom is 0.326 e. The molecular formula is C25H33N7O4S. The number of amides is 2. The lowest BCUT2D eigenvalue weighted by atomic mass is 9.73. The predicted octanol–water partition coefficient (Wildman–Crippen LogP) is 2.00. The number of nitrogens with zero attached hydrogens (tertiary/aromatic N) is 6. The maximum absolute atomic E-state index is 13.0. The summed E-state index contributed by atoms with van der Waals surface area (Å²) in [7, 11) is 1.64. The Morgan fingerprint density at radius 2 is 2.08 bits per heavy atom. The molecule has 3 fully saturated rings. The van der Waals surface area contributed by atoms with Gasteiger partial charge < -0.3 is 29.7 Å². The molecule has 1 spiro atoms. The molecule has 12 heteroatoms. The Morgan fingerprint density at radius 3 is 2.78 bits per heavy atom. The summed E-state index contributed by atoms with van der Waals surface area (Å²) >= 11 is 1.46. The number of aromatic nitrogens is 3. The monoisotopic (exact) mass is 527 g/mol. The van der Waals surface area contributed by atoms with Crippen molar-refractivity contribution in [3.8, 4) is 5.75 Å². The van der Waals surface area contributed by atoms with Gasteiger partial charge in [-0.3, -0.25) is 4.90 Å². The fourth-order valence-corrected chi connectivity index (χ4v) is 6.59. The van der Waals surface area contributed by atoms with Gasteiger partial charge in [0.1, 0.15) is 17.5 Å². The first-order valence-corrected chi connectivity index (χ1v) is 13.6. The predicted molar refractivity (Wildman–Crippen MR) is 138 cm³/mol. The molecule has 3 atom stereocenters. The van der Waals surface area contributed by atoms with Gasteiger partial charge in [0.15, 0.2) is 11.6 Å². The van der Waals surface area contributed by atoms with Crippen LogP contribution in [0.3, 0.4) is 0 Å². The van der Waals surface area contributed by atoms with Gasteiger partial charge in [-0.25, -0.2) is 19.7 Å². The van der Waals surface area contributed by atoms with Crippen molar-refractivity contribution in [3.63, 3.8) is 0 Å². The molecule has 0 saturated carbocycles. The van der Waals surface area contributed by atoms with Crippen molar-refractivity contribution in [2.24, 2.45) is 11.1 Å². The summed E-state index contributed by atoms with van der Waals surface area (Å²) in [5.74, 6) is 2.04. The Morgan fingerprint density at radius 1 is 1.24 bits per heavy atom. The van der Waals surface area contributed by atoms with E-state index in [1.54, 1.807) is 29.3 Å². The van der Waals surface area contributed by atoms with Crippen LogP contribution in [-0.2, 0) is 9.47 Å². The molecule has 0 aromatic carbocycles. The molecule has 4 aliphatic heterocycles. The van der Waals surface area contributed by atoms with Crippen LogP contribution in [-0.4, -0.2) is 97.2 Å². The Hall–Kier alpha value is -2.67. The number of anilines is 2. The topological polar surface area (TPSA) is 119 Å². The third kappa shape index (κ3) is 4.39. The quantitative estimate of drug-likeness (QED) is 0.597. The van der Waals surface area contributed by atoms with E-state index in [0.29, 0.717) is 37.9 Å². The summed E-state index contributed by atoms with van der Waals surface area (Å²) in [6, 6.07) is 1.86. The summed E-state index contributed by atoms with van der Waals surface area (Å²) < 4.78 is 17.1. The van der Waals surface area contributed by atoms with E-state index < -0.39 is 0 Å². The summed E-state index contributed by atoms with van der Waals surface area (Å²) in [6.07, 6.45) is 7.45. The van der Waals surface area contributed by atoms with E-state index >= 15 is 0 Å². The molecule has 11 nitrogen and oxygen atoms in total. The summed E-state index contributed by atoms with van der Waals surface area (Å²) in [6.45, 7) is 6.67. The second kappa shape index (κ2) is 9.90. The van der Waals surface area contributed by atoms with Crippen LogP contribution in [0, 0.1) is 5.41 Å². The minimum absolute atomic E-state index is 0.0547. The number of carbonyl (C=O) groups is 1. The molecular weight excluding hydrogens is 494 g/mol. The minimum atomic E-state index is -0.0618. The molecule has 1 unspecified atom stereocenters. The number of hydrogen-bond donors (Lipinski definition) is 1. The number of fused-ring (bicyclic) bond motifs is 3. The third-order valence-electron chi connectivity index (χ3n) is 8.09. The average molecular weight is 528 g/mol. The van der Waals surface area contributed by atoms with Crippen molar-refractivity contribution in [3.05, 3.63) is 24.7 Å². The SMILES string of the molecule is COCCN1CC2COc3c(Sc4cnc(N5CCC6(CC5)CO[C@@H](C)[C@H]6N)cn4)ccnc3N2C1=O. The number of rotatable bonds is 6. The smallest absolute Gasteiger partial charge is 0.326 e. The van der Waals surface area contributed by atoms with Crippen LogP contribution in [0.5, 0.6) is 5.75 Å². The molecule has 0 radical (unpaired) electrons. The molecule has 2 aromatic heterocycles. The van der Waals surface area contributed by atoms with E-state index in [4.69, 9.17) is 24.9 Å². The number of piperidine rings is 1. The van der Waals surface area contributed by atoms with E-state index in [2.05, 4.69) is 21.8 Å². The van der Waals surface area contributed by atoms with Gasteiger partial charge in [-0.05, 0) is 25.8 Å². The first-order valence-electron chi connectivity index (χ1n) is 12.8. The third-order valence-corrected chi connectivity index (χ3v) is 9.06. The molecule has 6 rings (SSSR count). The minimum Gasteiger partial charge on any atom is -0.486 e. The summed E-state index contributed by atoms with van der Waals surface area (Å²) in [5.41, 5.74) is 6.54. The number of carbonyl (C=O) groups excluding carboxylic acids is 1. The zero-order valence-electron chi connectivity index (χ0n) is 21.2. The van der Waals surface area contributed by atoms with Crippen LogP contribution in [0.2, 0.25) is 0 Å². The first-order chi connectivity index (χ1) is 18.0. The second-order valence-corrected chi connectivity index (χ2v) is 11.3. The highest BCUT2D eigenvalue weighted by Crippen LogP contribution is 2.44. The molecule has 37 heavy (non-hydrogen) atoms. The van der Waals surface area contributed by atoms with Crippen LogP contribution in [0.15, 0.2) is 34.6 Å². The van der Waals surface area contributed by atoms with Crippen molar-refractivity contribution < 1.29 is 19.0 Å². The summed E-state index contributed by atoms with van der Waals surface area (Å²) in [4.78, 5) is 33.6. The Balaban J connectivity index is 1.13. The first kappa shape index (κ1) is 24.7. The molecule has 2 aromatic rings. The molecule has 2 amide bonds. The van der Waals surface area contributed by atoms with Crippen LogP contribution in [0.4, 0.5) is 16.4 Å². The number of nitrogens with two attached hydrogens (primary N) is 1. The molecule has 0 aliphatic carbocycles. The number of ether oxygens (including phenoxy) is 3. The summed E-state index contributed by atoms with van der Waals surface area (Å²) in [5, 5.41) is 0.755. The van der Waals surface area contributed by atoms with E-state index in [9.17, 15) is 4.79 Å². The highest BCUT2D eigenvalue weighted by molar-refractivity contribution is 7.99. The second-order valence-electron chi connectivity index (χ2n) is 10.2.